The van der Waals surface area contributed by atoms with E-state index in [1.165, 1.54) is 7.05 Å². The topological polar surface area (TPSA) is 81.2 Å². The second kappa shape index (κ2) is 5.45. The van der Waals surface area contributed by atoms with Crippen LogP contribution in [-0.2, 0) is 37.5 Å². The van der Waals surface area contributed by atoms with Gasteiger partial charge in [0.1, 0.15) is 0 Å². The van der Waals surface area contributed by atoms with Crippen molar-refractivity contribution < 1.29 is 37.5 Å². The summed E-state index contributed by atoms with van der Waals surface area (Å²) in [5, 5.41) is 0.316. The first kappa shape index (κ1) is 11.8. The van der Waals surface area contributed by atoms with Gasteiger partial charge < -0.3 is 15.5 Å². The van der Waals surface area contributed by atoms with E-state index >= 15 is 0 Å². The number of nitrogens with zero attached hydrogens (tertiary/aromatic N) is 3. The molecule has 0 aliphatic heterocycles. The molecule has 0 radical (unpaired) electrons. The number of hydrogen-bond acceptors (Lipinski definition) is 6. The summed E-state index contributed by atoms with van der Waals surface area (Å²) in [6, 6.07) is 0. The fraction of sp³-hybridized carbons (Fsp3) is 0.200. The molecule has 1 rings (SSSR count). The van der Waals surface area contributed by atoms with E-state index < -0.39 is 0 Å². The Hall–Kier alpha value is -0.196. The molecule has 5 nitrogen and oxygen atoms in total. The molecule has 1 aromatic heterocycles. The standard InChI is InChI=1S/C5H5N4OS.Y/c1-7-3(2-10)4-8-5(6)11-9-4;/h1H3,(H2,6,8,9);/q-1;+3. The maximum Gasteiger partial charge on any atom is 3.00 e. The monoisotopic (exact) mass is 258 g/mol. The largest absolute Gasteiger partial charge is 3.00 e. The number of aromatic nitrogens is 2. The molecule has 0 aromatic carbocycles. The minimum atomic E-state index is 0. The Bertz CT molecular complexity index is 297. The third-order valence-electron chi connectivity index (χ3n) is 0.974. The van der Waals surface area contributed by atoms with Gasteiger partial charge in [-0.05, 0) is 17.2 Å². The second-order valence-corrected chi connectivity index (χ2v) is 2.41. The molecule has 12 heavy (non-hydrogen) atoms. The van der Waals surface area contributed by atoms with Crippen molar-refractivity contribution in [3.05, 3.63) is 5.82 Å². The predicted molar refractivity (Wildman–Crippen MR) is 42.5 cm³/mol. The van der Waals surface area contributed by atoms with Crippen LogP contribution in [0.4, 0.5) is 5.13 Å². The molecule has 0 spiro atoms. The van der Waals surface area contributed by atoms with Crippen molar-refractivity contribution >= 4 is 28.7 Å². The number of rotatable bonds is 2. The van der Waals surface area contributed by atoms with Gasteiger partial charge in [-0.3, -0.25) is 9.36 Å². The zero-order valence-electron chi connectivity index (χ0n) is 6.31. The van der Waals surface area contributed by atoms with E-state index in [1.54, 1.807) is 6.29 Å². The van der Waals surface area contributed by atoms with Crippen LogP contribution >= 0.6 is 11.5 Å². The van der Waals surface area contributed by atoms with Gasteiger partial charge in [0.15, 0.2) is 5.13 Å². The summed E-state index contributed by atoms with van der Waals surface area (Å²) in [6.45, 7) is 0. The number of anilines is 1. The van der Waals surface area contributed by atoms with E-state index in [-0.39, 0.29) is 44.2 Å². The van der Waals surface area contributed by atoms with Gasteiger partial charge in [-0.1, -0.05) is 0 Å². The number of aliphatic imine (C=N–C) groups is 1. The molecule has 58 valence electrons. The minimum Gasteiger partial charge on any atom is -0.417 e. The molecule has 0 unspecified atom stereocenters. The Morgan fingerprint density at radius 2 is 2.42 bits per heavy atom. The van der Waals surface area contributed by atoms with E-state index in [0.29, 0.717) is 5.13 Å². The van der Waals surface area contributed by atoms with Crippen LogP contribution in [0.15, 0.2) is 4.99 Å². The molecular formula is C5H5N4OSY+2. The fourth-order valence-corrected chi connectivity index (χ4v) is 0.957. The summed E-state index contributed by atoms with van der Waals surface area (Å²) in [7, 11) is 1.47. The molecule has 0 atom stereocenters. The smallest absolute Gasteiger partial charge is 0.417 e. The number of nitrogens with two attached hydrogens (primary N) is 1. The van der Waals surface area contributed by atoms with Crippen LogP contribution in [0.1, 0.15) is 5.82 Å². The zero-order chi connectivity index (χ0) is 8.27. The molecule has 0 saturated carbocycles. The summed E-state index contributed by atoms with van der Waals surface area (Å²) in [5.41, 5.74) is 5.38. The Kier molecular flexibility index (Phi) is 5.36. The molecule has 0 amide bonds. The van der Waals surface area contributed by atoms with Crippen LogP contribution in [0, 0.1) is 0 Å². The van der Waals surface area contributed by atoms with Crippen LogP contribution < -0.4 is 5.73 Å². The van der Waals surface area contributed by atoms with Crippen molar-refractivity contribution in [3.8, 4) is 0 Å². The number of nitrogen functional groups attached to an aromatic ring is 1. The van der Waals surface area contributed by atoms with Crippen LogP contribution in [0.2, 0.25) is 0 Å². The molecule has 0 bridgehead atoms. The first-order valence-electron chi connectivity index (χ1n) is 2.72. The maximum absolute atomic E-state index is 10.2. The van der Waals surface area contributed by atoms with Crippen molar-refractivity contribution in [1.29, 1.82) is 0 Å². The second-order valence-electron chi connectivity index (χ2n) is 1.63. The van der Waals surface area contributed by atoms with Gasteiger partial charge in [-0.25, -0.2) is 0 Å². The quantitative estimate of drug-likeness (QED) is 0.580. The van der Waals surface area contributed by atoms with E-state index in [0.717, 1.165) is 11.5 Å². The molecule has 0 aliphatic rings. The number of hydrogen-bond donors (Lipinski definition) is 1. The van der Waals surface area contributed by atoms with Crippen molar-refractivity contribution in [3.63, 3.8) is 0 Å². The van der Waals surface area contributed by atoms with Gasteiger partial charge in [0, 0.05) is 19.2 Å². The third-order valence-corrected chi connectivity index (χ3v) is 1.52. The average Bonchev–Trinajstić information content (AvgIpc) is 2.39. The van der Waals surface area contributed by atoms with Crippen molar-refractivity contribution in [2.24, 2.45) is 4.99 Å². The van der Waals surface area contributed by atoms with Crippen molar-refractivity contribution in [2.45, 2.75) is 0 Å². The van der Waals surface area contributed by atoms with Gasteiger partial charge in [0.2, 0.25) is 0 Å². The Morgan fingerprint density at radius 1 is 1.75 bits per heavy atom. The van der Waals surface area contributed by atoms with Crippen molar-refractivity contribution in [2.75, 3.05) is 12.8 Å². The molecule has 0 fully saturated rings. The molecule has 7 heteroatoms. The summed E-state index contributed by atoms with van der Waals surface area (Å²) >= 11 is 1.02. The maximum atomic E-state index is 10.2. The van der Waals surface area contributed by atoms with E-state index in [1.807, 2.05) is 0 Å². The summed E-state index contributed by atoms with van der Waals surface area (Å²) in [6.07, 6.45) is 1.61. The van der Waals surface area contributed by atoms with Crippen molar-refractivity contribution in [1.82, 2.24) is 9.36 Å². The Labute approximate surface area is 98.5 Å². The SMILES string of the molecule is CN=C([C-]=O)c1nsc(N)n1.[Y+3]. The van der Waals surface area contributed by atoms with Crippen LogP contribution in [-0.4, -0.2) is 28.4 Å². The van der Waals surface area contributed by atoms with Gasteiger partial charge in [-0.15, -0.1) is 0 Å². The predicted octanol–water partition coefficient (Wildman–Crippen LogP) is -0.354. The van der Waals surface area contributed by atoms with E-state index in [2.05, 4.69) is 14.3 Å². The van der Waals surface area contributed by atoms with Crippen LogP contribution in [0.5, 0.6) is 0 Å². The molecule has 0 aliphatic carbocycles. The molecule has 1 heterocycles. The van der Waals surface area contributed by atoms with Gasteiger partial charge >= 0.3 is 32.7 Å². The van der Waals surface area contributed by atoms with E-state index in [4.69, 9.17) is 5.73 Å². The minimum absolute atomic E-state index is 0. The number of carbonyl (C=O) groups excluding carboxylic acids is 1. The van der Waals surface area contributed by atoms with Crippen LogP contribution in [0.3, 0.4) is 0 Å². The Balaban J connectivity index is 0.00000121. The van der Waals surface area contributed by atoms with Gasteiger partial charge in [0.25, 0.3) is 0 Å². The normalized spacial score (nSPS) is 10.6. The summed E-state index contributed by atoms with van der Waals surface area (Å²) in [4.78, 5) is 17.5. The molecule has 2 N–H and O–H groups in total. The van der Waals surface area contributed by atoms with E-state index in [9.17, 15) is 4.79 Å². The average molecular weight is 258 g/mol. The molecular weight excluding hydrogens is 253 g/mol. The summed E-state index contributed by atoms with van der Waals surface area (Å²) < 4.78 is 3.77. The first-order valence-corrected chi connectivity index (χ1v) is 3.49. The first-order chi connectivity index (χ1) is 5.27. The van der Waals surface area contributed by atoms with Crippen LogP contribution in [0.25, 0.3) is 0 Å². The van der Waals surface area contributed by atoms with Gasteiger partial charge in [0.05, 0.1) is 0 Å². The molecule has 1 aromatic rings. The van der Waals surface area contributed by atoms with Gasteiger partial charge in [-0.2, -0.15) is 0 Å². The third kappa shape index (κ3) is 2.69. The fourth-order valence-electron chi connectivity index (χ4n) is 0.523. The summed E-state index contributed by atoms with van der Waals surface area (Å²) in [5.74, 6) is 0.241. The Morgan fingerprint density at radius 3 is 2.75 bits per heavy atom. The molecule has 0 saturated heterocycles. The zero-order valence-corrected chi connectivity index (χ0v) is 9.97.